The van der Waals surface area contributed by atoms with Gasteiger partial charge in [-0.3, -0.25) is 4.79 Å². The average Bonchev–Trinajstić information content (AvgIpc) is 2.63. The number of halogens is 2. The normalized spacial score (nSPS) is 10.7. The van der Waals surface area contributed by atoms with Crippen LogP contribution in [0.2, 0.25) is 0 Å². The summed E-state index contributed by atoms with van der Waals surface area (Å²) in [6.45, 7) is 5.24. The molecule has 0 fully saturated rings. The van der Waals surface area contributed by atoms with Gasteiger partial charge in [-0.1, -0.05) is 0 Å². The highest BCUT2D eigenvalue weighted by atomic mass is 32.1. The molecular formula is C14H12F2OS. The van der Waals surface area contributed by atoms with E-state index in [4.69, 9.17) is 0 Å². The number of thiophene rings is 1. The Labute approximate surface area is 108 Å². The predicted octanol–water partition coefficient (Wildman–Crippen LogP) is 4.18. The van der Waals surface area contributed by atoms with Crippen LogP contribution in [-0.4, -0.2) is 5.78 Å². The molecule has 1 aromatic heterocycles. The van der Waals surface area contributed by atoms with Gasteiger partial charge in [0.05, 0.1) is 10.4 Å². The minimum Gasteiger partial charge on any atom is -0.288 e. The second-order valence-electron chi connectivity index (χ2n) is 4.26. The number of aryl methyl sites for hydroxylation is 3. The van der Waals surface area contributed by atoms with Crippen molar-refractivity contribution in [3.8, 4) is 0 Å². The van der Waals surface area contributed by atoms with Gasteiger partial charge in [-0.2, -0.15) is 0 Å². The number of hydrogen-bond donors (Lipinski definition) is 0. The molecule has 0 N–H and O–H groups in total. The van der Waals surface area contributed by atoms with Crippen molar-refractivity contribution in [2.24, 2.45) is 0 Å². The monoisotopic (exact) mass is 266 g/mol. The lowest BCUT2D eigenvalue weighted by Gasteiger charge is -2.03. The van der Waals surface area contributed by atoms with Crippen LogP contribution in [0.5, 0.6) is 0 Å². The van der Waals surface area contributed by atoms with E-state index in [0.29, 0.717) is 4.88 Å². The van der Waals surface area contributed by atoms with Crippen LogP contribution >= 0.6 is 11.3 Å². The second-order valence-corrected chi connectivity index (χ2v) is 5.52. The van der Waals surface area contributed by atoms with Gasteiger partial charge in [0.15, 0.2) is 0 Å². The number of ketones is 1. The van der Waals surface area contributed by atoms with Crippen LogP contribution in [0.25, 0.3) is 0 Å². The molecule has 0 saturated carbocycles. The first-order valence-corrected chi connectivity index (χ1v) is 6.29. The molecule has 2 aromatic rings. The quantitative estimate of drug-likeness (QED) is 0.745. The zero-order chi connectivity index (χ0) is 13.4. The molecule has 94 valence electrons. The fourth-order valence-electron chi connectivity index (χ4n) is 1.64. The predicted molar refractivity (Wildman–Crippen MR) is 68.3 cm³/mol. The van der Waals surface area contributed by atoms with Crippen LogP contribution in [0.3, 0.4) is 0 Å². The highest BCUT2D eigenvalue weighted by Gasteiger charge is 2.18. The van der Waals surface area contributed by atoms with Crippen molar-refractivity contribution < 1.29 is 13.6 Å². The van der Waals surface area contributed by atoms with Crippen molar-refractivity contribution in [2.45, 2.75) is 20.8 Å². The van der Waals surface area contributed by atoms with E-state index in [2.05, 4.69) is 0 Å². The Morgan fingerprint density at radius 2 is 1.67 bits per heavy atom. The Kier molecular flexibility index (Phi) is 3.30. The molecule has 4 heteroatoms. The first-order chi connectivity index (χ1) is 8.40. The van der Waals surface area contributed by atoms with Gasteiger partial charge in [0.1, 0.15) is 11.6 Å². The Hall–Kier alpha value is -1.55. The Morgan fingerprint density at radius 1 is 1.00 bits per heavy atom. The lowest BCUT2D eigenvalue weighted by molar-refractivity contribution is 0.103. The summed E-state index contributed by atoms with van der Waals surface area (Å²) in [6, 6.07) is 3.73. The van der Waals surface area contributed by atoms with Gasteiger partial charge < -0.3 is 0 Å². The molecule has 0 atom stereocenters. The Bertz CT molecular complexity index is 609. The maximum atomic E-state index is 13.7. The molecular weight excluding hydrogens is 254 g/mol. The maximum Gasteiger partial charge on any atom is 0.206 e. The summed E-state index contributed by atoms with van der Waals surface area (Å²) < 4.78 is 27.1. The molecule has 2 rings (SSSR count). The smallest absolute Gasteiger partial charge is 0.206 e. The molecule has 1 aromatic carbocycles. The summed E-state index contributed by atoms with van der Waals surface area (Å²) in [5, 5.41) is 0. The van der Waals surface area contributed by atoms with Gasteiger partial charge >= 0.3 is 0 Å². The van der Waals surface area contributed by atoms with Gasteiger partial charge in [0.2, 0.25) is 5.78 Å². The van der Waals surface area contributed by atoms with E-state index in [0.717, 1.165) is 22.6 Å². The van der Waals surface area contributed by atoms with Crippen LogP contribution in [0.4, 0.5) is 8.78 Å². The van der Waals surface area contributed by atoms with Gasteiger partial charge in [-0.25, -0.2) is 8.78 Å². The topological polar surface area (TPSA) is 17.1 Å². The van der Waals surface area contributed by atoms with Crippen molar-refractivity contribution >= 4 is 17.1 Å². The third kappa shape index (κ3) is 2.20. The fourth-order valence-corrected chi connectivity index (χ4v) is 2.63. The first kappa shape index (κ1) is 12.9. The molecule has 0 aliphatic heterocycles. The molecule has 0 unspecified atom stereocenters. The lowest BCUT2D eigenvalue weighted by Crippen LogP contribution is -2.04. The van der Waals surface area contributed by atoms with E-state index in [-0.39, 0.29) is 11.1 Å². The third-order valence-electron chi connectivity index (χ3n) is 2.88. The minimum absolute atomic E-state index is 0.197. The molecule has 0 bridgehead atoms. The summed E-state index contributed by atoms with van der Waals surface area (Å²) in [5.74, 6) is -1.71. The van der Waals surface area contributed by atoms with Crippen LogP contribution in [0, 0.1) is 32.4 Å². The van der Waals surface area contributed by atoms with Crippen LogP contribution in [-0.2, 0) is 0 Å². The zero-order valence-corrected chi connectivity index (χ0v) is 11.1. The lowest BCUT2D eigenvalue weighted by atomic mass is 10.1. The molecule has 18 heavy (non-hydrogen) atoms. The van der Waals surface area contributed by atoms with Crippen LogP contribution in [0.15, 0.2) is 18.2 Å². The summed E-state index contributed by atoms with van der Waals surface area (Å²) in [5.41, 5.74) is 0.971. The van der Waals surface area contributed by atoms with Crippen molar-refractivity contribution in [3.05, 3.63) is 56.3 Å². The van der Waals surface area contributed by atoms with E-state index < -0.39 is 17.4 Å². The van der Waals surface area contributed by atoms with Crippen molar-refractivity contribution in [2.75, 3.05) is 0 Å². The summed E-state index contributed by atoms with van der Waals surface area (Å²) in [6.07, 6.45) is 0. The average molecular weight is 266 g/mol. The van der Waals surface area contributed by atoms with Crippen molar-refractivity contribution in [1.29, 1.82) is 0 Å². The minimum atomic E-state index is -0.678. The highest BCUT2D eigenvalue weighted by Crippen LogP contribution is 2.25. The number of rotatable bonds is 2. The molecule has 0 aliphatic carbocycles. The zero-order valence-electron chi connectivity index (χ0n) is 10.3. The standard InChI is InChI=1S/C14H12F2OS/c1-7-5-13(18-9(7)3)14(17)10-6-11(15)8(2)4-12(10)16/h4-6H,1-3H3. The molecule has 0 amide bonds. The highest BCUT2D eigenvalue weighted by molar-refractivity contribution is 7.14. The van der Waals surface area contributed by atoms with Crippen LogP contribution in [0.1, 0.15) is 31.2 Å². The second kappa shape index (κ2) is 4.61. The fraction of sp³-hybridized carbons (Fsp3) is 0.214. The molecule has 1 heterocycles. The summed E-state index contributed by atoms with van der Waals surface area (Å²) >= 11 is 1.30. The van der Waals surface area contributed by atoms with E-state index in [1.54, 1.807) is 6.07 Å². The Balaban J connectivity index is 2.49. The first-order valence-electron chi connectivity index (χ1n) is 5.47. The number of hydrogen-bond acceptors (Lipinski definition) is 2. The van der Waals surface area contributed by atoms with Crippen molar-refractivity contribution in [1.82, 2.24) is 0 Å². The largest absolute Gasteiger partial charge is 0.288 e. The molecule has 0 aliphatic rings. The van der Waals surface area contributed by atoms with E-state index in [1.807, 2.05) is 13.8 Å². The van der Waals surface area contributed by atoms with Crippen molar-refractivity contribution in [3.63, 3.8) is 0 Å². The van der Waals surface area contributed by atoms with Gasteiger partial charge in [-0.05, 0) is 50.1 Å². The summed E-state index contributed by atoms with van der Waals surface area (Å²) in [4.78, 5) is 13.5. The van der Waals surface area contributed by atoms with E-state index in [9.17, 15) is 13.6 Å². The number of carbonyl (C=O) groups is 1. The van der Waals surface area contributed by atoms with E-state index in [1.165, 1.54) is 18.3 Å². The molecule has 0 spiro atoms. The number of benzene rings is 1. The Morgan fingerprint density at radius 3 is 2.22 bits per heavy atom. The number of carbonyl (C=O) groups excluding carboxylic acids is 1. The van der Waals surface area contributed by atoms with E-state index >= 15 is 0 Å². The third-order valence-corrected chi connectivity index (χ3v) is 4.03. The van der Waals surface area contributed by atoms with Crippen LogP contribution < -0.4 is 0 Å². The molecule has 1 nitrogen and oxygen atoms in total. The molecule has 0 saturated heterocycles. The maximum absolute atomic E-state index is 13.7. The van der Waals surface area contributed by atoms with Gasteiger partial charge in [-0.15, -0.1) is 11.3 Å². The van der Waals surface area contributed by atoms with Gasteiger partial charge in [0.25, 0.3) is 0 Å². The van der Waals surface area contributed by atoms with Gasteiger partial charge in [0, 0.05) is 4.88 Å². The molecule has 0 radical (unpaired) electrons. The summed E-state index contributed by atoms with van der Waals surface area (Å²) in [7, 11) is 0. The SMILES string of the molecule is Cc1cc(F)c(C(=O)c2cc(C)c(C)s2)cc1F.